The van der Waals surface area contributed by atoms with Gasteiger partial charge in [-0.2, -0.15) is 0 Å². The maximum Gasteiger partial charge on any atom is 0.218 e. The number of Topliss-reactive ketones (excluding diaryl/α,β-unsaturated/α-hetero) is 1. The van der Waals surface area contributed by atoms with Gasteiger partial charge in [0.25, 0.3) is 0 Å². The monoisotopic (exact) mass is 234 g/mol. The highest BCUT2D eigenvalue weighted by molar-refractivity contribution is 6.01. The molecule has 1 atom stereocenters. The van der Waals surface area contributed by atoms with Gasteiger partial charge in [0.05, 0.1) is 0 Å². The summed E-state index contributed by atoms with van der Waals surface area (Å²) in [6.45, 7) is 5.24. The van der Waals surface area contributed by atoms with E-state index in [0.29, 0.717) is 5.56 Å². The van der Waals surface area contributed by atoms with Crippen molar-refractivity contribution in [1.29, 1.82) is 0 Å². The molecule has 1 rings (SSSR count). The maximum atomic E-state index is 12.1. The van der Waals surface area contributed by atoms with Crippen molar-refractivity contribution < 1.29 is 9.59 Å². The summed E-state index contributed by atoms with van der Waals surface area (Å²) < 4.78 is 0. The lowest BCUT2D eigenvalue weighted by molar-refractivity contribution is -0.119. The molecule has 92 valence electrons. The Morgan fingerprint density at radius 2 is 1.71 bits per heavy atom. The summed E-state index contributed by atoms with van der Waals surface area (Å²) in [6.07, 6.45) is -0.671. The Kier molecular flexibility index (Phi) is 4.84. The Morgan fingerprint density at radius 3 is 2.18 bits per heavy atom. The highest BCUT2D eigenvalue weighted by Crippen LogP contribution is 2.03. The highest BCUT2D eigenvalue weighted by atomic mass is 16.2. The fourth-order valence-electron chi connectivity index (χ4n) is 1.49. The molecule has 0 saturated heterocycles. The third kappa shape index (κ3) is 4.36. The first kappa shape index (κ1) is 13.4. The number of ketones is 1. The second kappa shape index (κ2) is 6.15. The summed E-state index contributed by atoms with van der Waals surface area (Å²) in [5, 5.41) is 5.64. The first-order valence-corrected chi connectivity index (χ1v) is 5.63. The van der Waals surface area contributed by atoms with Gasteiger partial charge in [0.15, 0.2) is 5.78 Å². The van der Waals surface area contributed by atoms with Crippen LogP contribution in [0.5, 0.6) is 0 Å². The Bertz CT molecular complexity index is 388. The fraction of sp³-hybridized carbons (Fsp3) is 0.385. The smallest absolute Gasteiger partial charge is 0.218 e. The lowest BCUT2D eigenvalue weighted by Crippen LogP contribution is -2.52. The molecule has 2 N–H and O–H groups in total. The average molecular weight is 234 g/mol. The molecule has 0 aliphatic rings. The zero-order valence-electron chi connectivity index (χ0n) is 10.4. The Labute approximate surface area is 101 Å². The number of nitrogens with one attached hydrogen (secondary N) is 2. The van der Waals surface area contributed by atoms with E-state index in [1.54, 1.807) is 24.3 Å². The Morgan fingerprint density at radius 1 is 1.12 bits per heavy atom. The molecule has 0 aromatic heterocycles. The third-order valence-corrected chi connectivity index (χ3v) is 2.17. The van der Waals surface area contributed by atoms with Gasteiger partial charge in [-0.25, -0.2) is 0 Å². The fourth-order valence-corrected chi connectivity index (χ4v) is 1.49. The molecular weight excluding hydrogens is 216 g/mol. The molecule has 0 saturated carbocycles. The summed E-state index contributed by atoms with van der Waals surface area (Å²) >= 11 is 0. The van der Waals surface area contributed by atoms with E-state index in [9.17, 15) is 9.59 Å². The van der Waals surface area contributed by atoms with Crippen LogP contribution in [0.25, 0.3) is 0 Å². The van der Waals surface area contributed by atoms with Crippen LogP contribution >= 0.6 is 0 Å². The van der Waals surface area contributed by atoms with E-state index in [2.05, 4.69) is 10.6 Å². The van der Waals surface area contributed by atoms with Gasteiger partial charge in [0.2, 0.25) is 5.91 Å². The predicted molar refractivity (Wildman–Crippen MR) is 66.6 cm³/mol. The second-order valence-corrected chi connectivity index (χ2v) is 4.19. The third-order valence-electron chi connectivity index (χ3n) is 2.17. The minimum atomic E-state index is -0.671. The largest absolute Gasteiger partial charge is 0.334 e. The van der Waals surface area contributed by atoms with Crippen LogP contribution in [0, 0.1) is 0 Å². The van der Waals surface area contributed by atoms with E-state index in [0.717, 1.165) is 0 Å². The first-order valence-electron chi connectivity index (χ1n) is 5.63. The van der Waals surface area contributed by atoms with Crippen LogP contribution < -0.4 is 10.6 Å². The summed E-state index contributed by atoms with van der Waals surface area (Å²) in [5.74, 6) is -0.359. The second-order valence-electron chi connectivity index (χ2n) is 4.19. The quantitative estimate of drug-likeness (QED) is 0.597. The van der Waals surface area contributed by atoms with E-state index < -0.39 is 6.17 Å². The number of amides is 1. The van der Waals surface area contributed by atoms with E-state index in [1.807, 2.05) is 19.9 Å². The number of carbonyl (C=O) groups excluding carboxylic acids is 2. The van der Waals surface area contributed by atoms with Gasteiger partial charge in [0, 0.05) is 18.5 Å². The molecule has 0 spiro atoms. The van der Waals surface area contributed by atoms with Gasteiger partial charge in [-0.3, -0.25) is 14.9 Å². The van der Waals surface area contributed by atoms with Gasteiger partial charge in [-0.05, 0) is 13.8 Å². The molecule has 0 fully saturated rings. The highest BCUT2D eigenvalue weighted by Gasteiger charge is 2.20. The Balaban J connectivity index is 2.82. The van der Waals surface area contributed by atoms with Gasteiger partial charge in [0.1, 0.15) is 6.17 Å². The maximum absolute atomic E-state index is 12.1. The molecule has 1 aromatic rings. The topological polar surface area (TPSA) is 58.2 Å². The first-order chi connectivity index (χ1) is 8.00. The van der Waals surface area contributed by atoms with Crippen molar-refractivity contribution in [2.75, 3.05) is 0 Å². The minimum Gasteiger partial charge on any atom is -0.334 e. The van der Waals surface area contributed by atoms with Crippen LogP contribution in [0.15, 0.2) is 30.3 Å². The Hall–Kier alpha value is -1.68. The zero-order valence-corrected chi connectivity index (χ0v) is 10.4. The van der Waals surface area contributed by atoms with E-state index in [4.69, 9.17) is 0 Å². The normalized spacial score (nSPS) is 12.2. The van der Waals surface area contributed by atoms with Crippen molar-refractivity contribution in [1.82, 2.24) is 10.6 Å². The summed E-state index contributed by atoms with van der Waals surface area (Å²) in [4.78, 5) is 23.2. The molecule has 0 aliphatic heterocycles. The number of carbonyl (C=O) groups is 2. The van der Waals surface area contributed by atoms with Crippen LogP contribution in [0.1, 0.15) is 31.1 Å². The van der Waals surface area contributed by atoms with Crippen LogP contribution in [0.4, 0.5) is 0 Å². The van der Waals surface area contributed by atoms with Crippen molar-refractivity contribution in [3.8, 4) is 0 Å². The SMILES string of the molecule is CC(=O)N[C@@H](NC(C)C)C(=O)c1ccccc1. The van der Waals surface area contributed by atoms with Crippen LogP contribution in [-0.4, -0.2) is 23.9 Å². The summed E-state index contributed by atoms with van der Waals surface area (Å²) in [5.41, 5.74) is 0.583. The van der Waals surface area contributed by atoms with Gasteiger partial charge >= 0.3 is 0 Å². The van der Waals surface area contributed by atoms with Crippen molar-refractivity contribution in [2.45, 2.75) is 33.0 Å². The van der Waals surface area contributed by atoms with Crippen molar-refractivity contribution in [3.63, 3.8) is 0 Å². The van der Waals surface area contributed by atoms with Crippen LogP contribution in [0.3, 0.4) is 0 Å². The van der Waals surface area contributed by atoms with Gasteiger partial charge < -0.3 is 5.32 Å². The molecule has 1 aromatic carbocycles. The average Bonchev–Trinajstić information content (AvgIpc) is 2.27. The number of hydrogen-bond acceptors (Lipinski definition) is 3. The molecule has 0 bridgehead atoms. The molecule has 4 heteroatoms. The number of benzene rings is 1. The standard InChI is InChI=1S/C13H18N2O2/c1-9(2)14-13(15-10(3)16)12(17)11-7-5-4-6-8-11/h4-9,13-14H,1-3H3,(H,15,16)/t13-/m1/s1. The van der Waals surface area contributed by atoms with E-state index >= 15 is 0 Å². The van der Waals surface area contributed by atoms with Crippen LogP contribution in [-0.2, 0) is 4.79 Å². The molecule has 0 radical (unpaired) electrons. The molecule has 4 nitrogen and oxygen atoms in total. The molecule has 1 amide bonds. The lowest BCUT2D eigenvalue weighted by Gasteiger charge is -2.20. The van der Waals surface area contributed by atoms with Gasteiger partial charge in [-0.15, -0.1) is 0 Å². The summed E-state index contributed by atoms with van der Waals surface area (Å²) in [6, 6.07) is 9.03. The van der Waals surface area contributed by atoms with Crippen molar-refractivity contribution in [2.24, 2.45) is 0 Å². The zero-order chi connectivity index (χ0) is 12.8. The number of rotatable bonds is 5. The van der Waals surface area contributed by atoms with Gasteiger partial charge in [-0.1, -0.05) is 30.3 Å². The molecule has 17 heavy (non-hydrogen) atoms. The molecule has 0 aliphatic carbocycles. The predicted octanol–water partition coefficient (Wildman–Crippen LogP) is 1.33. The summed E-state index contributed by atoms with van der Waals surface area (Å²) in [7, 11) is 0. The molecule has 0 heterocycles. The van der Waals surface area contributed by atoms with Crippen LogP contribution in [0.2, 0.25) is 0 Å². The minimum absolute atomic E-state index is 0.111. The van der Waals surface area contributed by atoms with E-state index in [1.165, 1.54) is 6.92 Å². The number of hydrogen-bond donors (Lipinski definition) is 2. The van der Waals surface area contributed by atoms with Crippen molar-refractivity contribution in [3.05, 3.63) is 35.9 Å². The van der Waals surface area contributed by atoms with Crippen molar-refractivity contribution >= 4 is 11.7 Å². The molecule has 0 unspecified atom stereocenters. The molecular formula is C13H18N2O2. The van der Waals surface area contributed by atoms with E-state index in [-0.39, 0.29) is 17.7 Å². The lowest BCUT2D eigenvalue weighted by atomic mass is 10.1.